The molecule has 2 aromatic rings. The molecule has 0 spiro atoms. The van der Waals surface area contributed by atoms with Gasteiger partial charge in [0.1, 0.15) is 7.85 Å². The lowest BCUT2D eigenvalue weighted by Gasteiger charge is -2.21. The summed E-state index contributed by atoms with van der Waals surface area (Å²) in [6.45, 7) is 1.22. The van der Waals surface area contributed by atoms with Crippen LogP contribution in [0.15, 0.2) is 24.4 Å². The smallest absolute Gasteiger partial charge is 0.253 e. The van der Waals surface area contributed by atoms with E-state index in [1.54, 1.807) is 6.20 Å². The standard InChI is InChI=1S/C18H23BN2O2/c19-15-7-4-8-16-17(15)14(12-21(16)9-10-22)18(23)20-11-13-5-2-1-3-6-13/h4,7-8,12-13,22H,1-3,5-6,9-11H2,(H,20,23). The molecule has 5 heteroatoms. The van der Waals surface area contributed by atoms with Crippen LogP contribution in [-0.2, 0) is 6.54 Å². The summed E-state index contributed by atoms with van der Waals surface area (Å²) < 4.78 is 1.89. The van der Waals surface area contributed by atoms with Crippen LogP contribution in [0.1, 0.15) is 42.5 Å². The first-order valence-electron chi connectivity index (χ1n) is 8.47. The Bertz CT molecular complexity index is 690. The molecule has 1 fully saturated rings. The minimum absolute atomic E-state index is 0.0295. The molecule has 0 atom stereocenters. The van der Waals surface area contributed by atoms with Crippen LogP contribution in [0.3, 0.4) is 0 Å². The highest BCUT2D eigenvalue weighted by Gasteiger charge is 2.18. The number of fused-ring (bicyclic) bond motifs is 1. The first-order chi connectivity index (χ1) is 11.2. The first kappa shape index (κ1) is 16.1. The van der Waals surface area contributed by atoms with Crippen molar-refractivity contribution in [2.24, 2.45) is 5.92 Å². The Hall–Kier alpha value is -1.75. The molecule has 1 aromatic heterocycles. The van der Waals surface area contributed by atoms with E-state index in [0.717, 1.165) is 17.4 Å². The third kappa shape index (κ3) is 3.45. The van der Waals surface area contributed by atoms with Crippen LogP contribution in [0.4, 0.5) is 0 Å². The molecule has 1 amide bonds. The van der Waals surface area contributed by atoms with Crippen LogP contribution in [-0.4, -0.2) is 36.6 Å². The Balaban J connectivity index is 1.81. The second-order valence-electron chi connectivity index (χ2n) is 6.42. The summed E-state index contributed by atoms with van der Waals surface area (Å²) >= 11 is 0. The molecule has 1 aliphatic rings. The lowest BCUT2D eigenvalue weighted by Crippen LogP contribution is -2.30. The van der Waals surface area contributed by atoms with Crippen molar-refractivity contribution in [2.45, 2.75) is 38.6 Å². The minimum atomic E-state index is -0.0739. The zero-order valence-corrected chi connectivity index (χ0v) is 13.4. The number of hydrogen-bond donors (Lipinski definition) is 2. The lowest BCUT2D eigenvalue weighted by atomic mass is 9.89. The molecule has 4 nitrogen and oxygen atoms in total. The van der Waals surface area contributed by atoms with Gasteiger partial charge in [-0.25, -0.2) is 0 Å². The van der Waals surface area contributed by atoms with Crippen LogP contribution in [0.2, 0.25) is 0 Å². The number of carbonyl (C=O) groups excluding carboxylic acids is 1. The Morgan fingerprint density at radius 3 is 2.83 bits per heavy atom. The van der Waals surface area contributed by atoms with Gasteiger partial charge in [0.25, 0.3) is 5.91 Å². The number of amides is 1. The summed E-state index contributed by atoms with van der Waals surface area (Å²) in [5, 5.41) is 13.1. The van der Waals surface area contributed by atoms with Gasteiger partial charge in [0.05, 0.1) is 12.2 Å². The number of aliphatic hydroxyl groups is 1. The Kier molecular flexibility index (Phi) is 5.06. The summed E-state index contributed by atoms with van der Waals surface area (Å²) in [5.41, 5.74) is 2.09. The zero-order valence-electron chi connectivity index (χ0n) is 13.4. The topological polar surface area (TPSA) is 54.3 Å². The molecular formula is C18H23BN2O2. The molecule has 3 rings (SSSR count). The second-order valence-corrected chi connectivity index (χ2v) is 6.42. The summed E-state index contributed by atoms with van der Waals surface area (Å²) in [6, 6.07) is 5.61. The second kappa shape index (κ2) is 7.22. The van der Waals surface area contributed by atoms with Crippen molar-refractivity contribution in [3.05, 3.63) is 30.0 Å². The van der Waals surface area contributed by atoms with Crippen molar-refractivity contribution in [3.63, 3.8) is 0 Å². The van der Waals surface area contributed by atoms with Crippen molar-refractivity contribution in [1.29, 1.82) is 0 Å². The van der Waals surface area contributed by atoms with Crippen LogP contribution in [0.25, 0.3) is 10.9 Å². The molecule has 23 heavy (non-hydrogen) atoms. The maximum Gasteiger partial charge on any atom is 0.253 e. The van der Waals surface area contributed by atoms with Gasteiger partial charge in [-0.3, -0.25) is 4.79 Å². The van der Waals surface area contributed by atoms with Gasteiger partial charge in [-0.15, -0.1) is 0 Å². The van der Waals surface area contributed by atoms with Gasteiger partial charge in [0.2, 0.25) is 0 Å². The Morgan fingerprint density at radius 1 is 1.30 bits per heavy atom. The van der Waals surface area contributed by atoms with E-state index < -0.39 is 0 Å². The molecule has 0 unspecified atom stereocenters. The average Bonchev–Trinajstić information content (AvgIpc) is 2.94. The summed E-state index contributed by atoms with van der Waals surface area (Å²) in [4.78, 5) is 12.6. The summed E-state index contributed by atoms with van der Waals surface area (Å²) in [5.74, 6) is 0.519. The molecule has 0 aliphatic heterocycles. The van der Waals surface area contributed by atoms with Gasteiger partial charge < -0.3 is 15.0 Å². The predicted octanol–water partition coefficient (Wildman–Crippen LogP) is 1.74. The van der Waals surface area contributed by atoms with E-state index in [2.05, 4.69) is 5.32 Å². The largest absolute Gasteiger partial charge is 0.395 e. The fourth-order valence-electron chi connectivity index (χ4n) is 3.57. The molecule has 1 heterocycles. The number of aliphatic hydroxyl groups excluding tert-OH is 1. The van der Waals surface area contributed by atoms with Crippen molar-refractivity contribution >= 4 is 30.1 Å². The molecular weight excluding hydrogens is 287 g/mol. The highest BCUT2D eigenvalue weighted by Crippen LogP contribution is 2.23. The highest BCUT2D eigenvalue weighted by molar-refractivity contribution is 6.40. The quantitative estimate of drug-likeness (QED) is 0.827. The highest BCUT2D eigenvalue weighted by atomic mass is 16.3. The average molecular weight is 310 g/mol. The van der Waals surface area contributed by atoms with E-state index in [0.29, 0.717) is 23.5 Å². The summed E-state index contributed by atoms with van der Waals surface area (Å²) in [6.07, 6.45) is 8.05. The normalized spacial score (nSPS) is 15.9. The molecule has 1 saturated carbocycles. The maximum atomic E-state index is 12.6. The minimum Gasteiger partial charge on any atom is -0.395 e. The van der Waals surface area contributed by atoms with E-state index >= 15 is 0 Å². The molecule has 1 aliphatic carbocycles. The number of rotatable bonds is 5. The number of nitrogens with zero attached hydrogens (tertiary/aromatic N) is 1. The fourth-order valence-corrected chi connectivity index (χ4v) is 3.57. The van der Waals surface area contributed by atoms with Crippen molar-refractivity contribution < 1.29 is 9.90 Å². The molecule has 0 bridgehead atoms. The van der Waals surface area contributed by atoms with Crippen LogP contribution < -0.4 is 10.8 Å². The van der Waals surface area contributed by atoms with E-state index in [4.69, 9.17) is 7.85 Å². The van der Waals surface area contributed by atoms with Gasteiger partial charge in [-0.1, -0.05) is 36.9 Å². The van der Waals surface area contributed by atoms with E-state index in [1.807, 2.05) is 22.8 Å². The molecule has 0 saturated heterocycles. The summed E-state index contributed by atoms with van der Waals surface area (Å²) in [7, 11) is 6.09. The monoisotopic (exact) mass is 310 g/mol. The van der Waals surface area contributed by atoms with Crippen LogP contribution >= 0.6 is 0 Å². The molecule has 120 valence electrons. The predicted molar refractivity (Wildman–Crippen MR) is 93.3 cm³/mol. The van der Waals surface area contributed by atoms with Crippen LogP contribution in [0, 0.1) is 5.92 Å². The first-order valence-corrected chi connectivity index (χ1v) is 8.47. The maximum absolute atomic E-state index is 12.6. The lowest BCUT2D eigenvalue weighted by molar-refractivity contribution is 0.0945. The zero-order chi connectivity index (χ0) is 16.2. The molecule has 2 N–H and O–H groups in total. The van der Waals surface area contributed by atoms with Crippen molar-refractivity contribution in [2.75, 3.05) is 13.2 Å². The number of benzene rings is 1. The van der Waals surface area contributed by atoms with Gasteiger partial charge in [0, 0.05) is 30.2 Å². The third-order valence-corrected chi connectivity index (χ3v) is 4.80. The Morgan fingerprint density at radius 2 is 2.09 bits per heavy atom. The van der Waals surface area contributed by atoms with Gasteiger partial charge >= 0.3 is 0 Å². The van der Waals surface area contributed by atoms with Gasteiger partial charge in [-0.05, 0) is 24.8 Å². The SMILES string of the molecule is [B]c1cccc2c1c(C(=O)NCC1CCCCC1)cn2CCO. The fraction of sp³-hybridized carbons (Fsp3) is 0.500. The number of nitrogens with one attached hydrogen (secondary N) is 1. The van der Waals surface area contributed by atoms with Crippen molar-refractivity contribution in [1.82, 2.24) is 9.88 Å². The number of hydrogen-bond acceptors (Lipinski definition) is 2. The van der Waals surface area contributed by atoms with Gasteiger partial charge in [0.15, 0.2) is 0 Å². The van der Waals surface area contributed by atoms with Gasteiger partial charge in [-0.2, -0.15) is 0 Å². The number of aromatic nitrogens is 1. The van der Waals surface area contributed by atoms with E-state index in [1.165, 1.54) is 32.1 Å². The third-order valence-electron chi connectivity index (χ3n) is 4.80. The molecule has 1 aromatic carbocycles. The van der Waals surface area contributed by atoms with E-state index in [9.17, 15) is 9.90 Å². The van der Waals surface area contributed by atoms with Crippen molar-refractivity contribution in [3.8, 4) is 0 Å². The van der Waals surface area contributed by atoms with Crippen LogP contribution in [0.5, 0.6) is 0 Å². The number of carbonyl (C=O) groups is 1. The molecule has 2 radical (unpaired) electrons. The Labute approximate surface area is 138 Å². The van der Waals surface area contributed by atoms with E-state index in [-0.39, 0.29) is 12.5 Å².